The van der Waals surface area contributed by atoms with E-state index in [9.17, 15) is 4.79 Å². The Kier molecular flexibility index (Phi) is 4.86. The number of ether oxygens (including phenoxy) is 2. The minimum Gasteiger partial charge on any atom is -0.497 e. The fraction of sp³-hybridized carbons (Fsp3) is 0.250. The SMILES string of the molecule is COc1ccc(-c2cc(C(=O)NC3CCCc4c3[nH]c3ccccc43)[nH]n2)c(OC)c1. The monoisotopic (exact) mass is 416 g/mol. The van der Waals surface area contributed by atoms with Crippen LogP contribution in [0.3, 0.4) is 0 Å². The van der Waals surface area contributed by atoms with Crippen LogP contribution in [0.5, 0.6) is 11.5 Å². The lowest BCUT2D eigenvalue weighted by Crippen LogP contribution is -2.31. The van der Waals surface area contributed by atoms with E-state index in [-0.39, 0.29) is 11.9 Å². The Bertz CT molecular complexity index is 1260. The molecule has 1 atom stereocenters. The fourth-order valence-electron chi connectivity index (χ4n) is 4.38. The number of benzene rings is 2. The molecule has 4 aromatic rings. The molecule has 31 heavy (non-hydrogen) atoms. The molecule has 0 saturated heterocycles. The number of hydrogen-bond donors (Lipinski definition) is 3. The van der Waals surface area contributed by atoms with Gasteiger partial charge in [0.2, 0.25) is 0 Å². The molecule has 0 aliphatic heterocycles. The number of carbonyl (C=O) groups excluding carboxylic acids is 1. The van der Waals surface area contributed by atoms with Crippen LogP contribution in [-0.2, 0) is 6.42 Å². The van der Waals surface area contributed by atoms with Crippen LogP contribution < -0.4 is 14.8 Å². The number of hydrogen-bond acceptors (Lipinski definition) is 4. The van der Waals surface area contributed by atoms with Crippen molar-refractivity contribution < 1.29 is 14.3 Å². The van der Waals surface area contributed by atoms with Gasteiger partial charge in [-0.15, -0.1) is 0 Å². The van der Waals surface area contributed by atoms with Crippen molar-refractivity contribution in [2.75, 3.05) is 14.2 Å². The van der Waals surface area contributed by atoms with Gasteiger partial charge in [0.15, 0.2) is 0 Å². The number of nitrogens with one attached hydrogen (secondary N) is 3. The van der Waals surface area contributed by atoms with E-state index in [0.717, 1.165) is 36.0 Å². The van der Waals surface area contributed by atoms with E-state index in [0.29, 0.717) is 22.9 Å². The van der Waals surface area contributed by atoms with E-state index in [1.165, 1.54) is 10.9 Å². The highest BCUT2D eigenvalue weighted by molar-refractivity contribution is 5.94. The first-order chi connectivity index (χ1) is 15.2. The molecule has 5 rings (SSSR count). The van der Waals surface area contributed by atoms with Crippen molar-refractivity contribution >= 4 is 16.8 Å². The Morgan fingerprint density at radius 3 is 2.84 bits per heavy atom. The van der Waals surface area contributed by atoms with E-state index in [1.807, 2.05) is 18.2 Å². The van der Waals surface area contributed by atoms with Gasteiger partial charge in [-0.3, -0.25) is 9.89 Å². The summed E-state index contributed by atoms with van der Waals surface area (Å²) < 4.78 is 10.7. The van der Waals surface area contributed by atoms with Crippen molar-refractivity contribution in [1.29, 1.82) is 0 Å². The molecule has 0 spiro atoms. The molecule has 1 aliphatic rings. The standard InChI is InChI=1S/C24H24N4O3/c1-30-14-10-11-17(22(12-14)31-2)20-13-21(28-27-20)24(29)26-19-9-5-7-16-15-6-3-4-8-18(15)25-23(16)19/h3-4,6,8,10-13,19,25H,5,7,9H2,1-2H3,(H,26,29)(H,27,28). The third kappa shape index (κ3) is 3.42. The highest BCUT2D eigenvalue weighted by Gasteiger charge is 2.26. The summed E-state index contributed by atoms with van der Waals surface area (Å²) in [5.74, 6) is 1.15. The number of nitrogens with zero attached hydrogens (tertiary/aromatic N) is 1. The van der Waals surface area contributed by atoms with Gasteiger partial charge in [-0.2, -0.15) is 5.10 Å². The number of rotatable bonds is 5. The second kappa shape index (κ2) is 7.83. The van der Waals surface area contributed by atoms with Crippen LogP contribution in [0.15, 0.2) is 48.5 Å². The van der Waals surface area contributed by atoms with Gasteiger partial charge >= 0.3 is 0 Å². The number of methoxy groups -OCH3 is 2. The third-order valence-corrected chi connectivity index (χ3v) is 5.93. The predicted molar refractivity (Wildman–Crippen MR) is 119 cm³/mol. The van der Waals surface area contributed by atoms with Gasteiger partial charge in [-0.25, -0.2) is 0 Å². The number of para-hydroxylation sites is 1. The quantitative estimate of drug-likeness (QED) is 0.450. The molecule has 0 saturated carbocycles. The molecule has 7 nitrogen and oxygen atoms in total. The Morgan fingerprint density at radius 1 is 1.13 bits per heavy atom. The van der Waals surface area contributed by atoms with Gasteiger partial charge in [0.05, 0.1) is 26.0 Å². The maximum absolute atomic E-state index is 13.0. The highest BCUT2D eigenvalue weighted by atomic mass is 16.5. The number of H-pyrrole nitrogens is 2. The average Bonchev–Trinajstić information content (AvgIpc) is 3.44. The molecule has 158 valence electrons. The maximum atomic E-state index is 13.0. The zero-order valence-electron chi connectivity index (χ0n) is 17.5. The molecule has 2 aromatic carbocycles. The van der Waals surface area contributed by atoms with Crippen molar-refractivity contribution in [2.24, 2.45) is 0 Å². The van der Waals surface area contributed by atoms with Crippen LogP contribution in [0.1, 0.15) is 40.6 Å². The van der Waals surface area contributed by atoms with Crippen molar-refractivity contribution in [1.82, 2.24) is 20.5 Å². The van der Waals surface area contributed by atoms with Crippen LogP contribution in [0, 0.1) is 0 Å². The molecule has 2 aromatic heterocycles. The van der Waals surface area contributed by atoms with Crippen LogP contribution in [0.4, 0.5) is 0 Å². The van der Waals surface area contributed by atoms with Gasteiger partial charge in [0, 0.05) is 28.2 Å². The summed E-state index contributed by atoms with van der Waals surface area (Å²) in [6.07, 6.45) is 2.97. The van der Waals surface area contributed by atoms with E-state index < -0.39 is 0 Å². The first-order valence-corrected chi connectivity index (χ1v) is 10.4. The van der Waals surface area contributed by atoms with Crippen molar-refractivity contribution in [3.63, 3.8) is 0 Å². The molecule has 2 heterocycles. The van der Waals surface area contributed by atoms with Crippen LogP contribution in [0.25, 0.3) is 22.2 Å². The Balaban J connectivity index is 1.39. The zero-order valence-corrected chi connectivity index (χ0v) is 17.5. The Morgan fingerprint density at radius 2 is 2.00 bits per heavy atom. The predicted octanol–water partition coefficient (Wildman–Crippen LogP) is 4.38. The van der Waals surface area contributed by atoms with Gasteiger partial charge < -0.3 is 19.8 Å². The summed E-state index contributed by atoms with van der Waals surface area (Å²) in [6, 6.07) is 15.5. The molecule has 0 bridgehead atoms. The minimum absolute atomic E-state index is 0.0501. The fourth-order valence-corrected chi connectivity index (χ4v) is 4.38. The maximum Gasteiger partial charge on any atom is 0.269 e. The normalized spacial score (nSPS) is 15.5. The van der Waals surface area contributed by atoms with Crippen LogP contribution in [-0.4, -0.2) is 35.3 Å². The van der Waals surface area contributed by atoms with Gasteiger partial charge in [0.25, 0.3) is 5.91 Å². The number of amides is 1. The largest absolute Gasteiger partial charge is 0.497 e. The topological polar surface area (TPSA) is 92.0 Å². The Hall–Kier alpha value is -3.74. The summed E-state index contributed by atoms with van der Waals surface area (Å²) in [5.41, 5.74) is 5.37. The summed E-state index contributed by atoms with van der Waals surface area (Å²) in [5, 5.41) is 11.6. The smallest absolute Gasteiger partial charge is 0.269 e. The van der Waals surface area contributed by atoms with Gasteiger partial charge in [0.1, 0.15) is 17.2 Å². The molecule has 1 aliphatic carbocycles. The van der Waals surface area contributed by atoms with Crippen molar-refractivity contribution in [2.45, 2.75) is 25.3 Å². The molecule has 0 radical (unpaired) electrons. The molecule has 1 amide bonds. The second-order valence-electron chi connectivity index (χ2n) is 7.71. The number of aromatic amines is 2. The molecular weight excluding hydrogens is 392 g/mol. The zero-order chi connectivity index (χ0) is 21.4. The van der Waals surface area contributed by atoms with Crippen LogP contribution >= 0.6 is 0 Å². The highest BCUT2D eigenvalue weighted by Crippen LogP contribution is 2.35. The van der Waals surface area contributed by atoms with Crippen LogP contribution in [0.2, 0.25) is 0 Å². The summed E-state index contributed by atoms with van der Waals surface area (Å²) >= 11 is 0. The number of aryl methyl sites for hydroxylation is 1. The molecule has 0 fully saturated rings. The van der Waals surface area contributed by atoms with E-state index in [2.05, 4.69) is 38.7 Å². The number of fused-ring (bicyclic) bond motifs is 3. The molecular formula is C24H24N4O3. The lowest BCUT2D eigenvalue weighted by molar-refractivity contribution is 0.0927. The van der Waals surface area contributed by atoms with Gasteiger partial charge in [-0.05, 0) is 49.1 Å². The first kappa shape index (κ1) is 19.2. The van der Waals surface area contributed by atoms with Gasteiger partial charge in [-0.1, -0.05) is 18.2 Å². The molecule has 7 heteroatoms. The van der Waals surface area contributed by atoms with Crippen molar-refractivity contribution in [3.8, 4) is 22.8 Å². The average molecular weight is 416 g/mol. The molecule has 3 N–H and O–H groups in total. The number of carbonyl (C=O) groups is 1. The summed E-state index contributed by atoms with van der Waals surface area (Å²) in [7, 11) is 3.20. The summed E-state index contributed by atoms with van der Waals surface area (Å²) in [4.78, 5) is 16.5. The number of aromatic nitrogens is 3. The van der Waals surface area contributed by atoms with E-state index in [4.69, 9.17) is 9.47 Å². The second-order valence-corrected chi connectivity index (χ2v) is 7.71. The Labute approximate surface area is 179 Å². The van der Waals surface area contributed by atoms with E-state index in [1.54, 1.807) is 26.4 Å². The minimum atomic E-state index is -0.178. The third-order valence-electron chi connectivity index (χ3n) is 5.93. The lowest BCUT2D eigenvalue weighted by atomic mass is 9.91. The molecule has 1 unspecified atom stereocenters. The van der Waals surface area contributed by atoms with E-state index >= 15 is 0 Å². The summed E-state index contributed by atoms with van der Waals surface area (Å²) in [6.45, 7) is 0. The van der Waals surface area contributed by atoms with Crippen molar-refractivity contribution in [3.05, 3.63) is 65.5 Å². The lowest BCUT2D eigenvalue weighted by Gasteiger charge is -2.23. The first-order valence-electron chi connectivity index (χ1n) is 10.4.